The molecule has 0 aliphatic heterocycles. The van der Waals surface area contributed by atoms with Crippen LogP contribution in [0.25, 0.3) is 0 Å². The highest BCUT2D eigenvalue weighted by molar-refractivity contribution is 9.10. The second kappa shape index (κ2) is 6.11. The molecule has 0 aliphatic rings. The van der Waals surface area contributed by atoms with Gasteiger partial charge in [0.1, 0.15) is 0 Å². The van der Waals surface area contributed by atoms with E-state index in [4.69, 9.17) is 0 Å². The maximum absolute atomic E-state index is 13.7. The van der Waals surface area contributed by atoms with Crippen LogP contribution in [-0.2, 0) is 0 Å². The summed E-state index contributed by atoms with van der Waals surface area (Å²) < 4.78 is 27.0. The first-order valence-corrected chi connectivity index (χ1v) is 7.58. The van der Waals surface area contributed by atoms with Crippen LogP contribution >= 0.6 is 27.3 Å². The molecule has 19 heavy (non-hydrogen) atoms. The Morgan fingerprint density at radius 1 is 1.26 bits per heavy atom. The van der Waals surface area contributed by atoms with Crippen molar-refractivity contribution in [3.05, 3.63) is 55.7 Å². The Kier molecular flexibility index (Phi) is 4.71. The first-order chi connectivity index (χ1) is 9.04. The molecule has 1 unspecified atom stereocenters. The number of hydrogen-bond donors (Lipinski definition) is 1. The van der Waals surface area contributed by atoms with Gasteiger partial charge in [-0.1, -0.05) is 13.0 Å². The second-order valence-corrected chi connectivity index (χ2v) is 6.32. The Morgan fingerprint density at radius 3 is 2.58 bits per heavy atom. The number of thiophene rings is 1. The van der Waals surface area contributed by atoms with Crippen LogP contribution in [-0.4, -0.2) is 6.54 Å². The highest BCUT2D eigenvalue weighted by Gasteiger charge is 2.21. The minimum Gasteiger partial charge on any atom is -0.306 e. The predicted octanol–water partition coefficient (Wildman–Crippen LogP) is 4.80. The molecule has 0 aliphatic carbocycles. The quantitative estimate of drug-likeness (QED) is 0.785. The highest BCUT2D eigenvalue weighted by Crippen LogP contribution is 2.34. The van der Waals surface area contributed by atoms with Gasteiger partial charge in [-0.05, 0) is 53.2 Å². The fourth-order valence-corrected chi connectivity index (χ4v) is 3.46. The molecule has 1 heterocycles. The van der Waals surface area contributed by atoms with Gasteiger partial charge in [0.05, 0.1) is 10.5 Å². The van der Waals surface area contributed by atoms with Gasteiger partial charge in [-0.2, -0.15) is 0 Å². The average molecular weight is 346 g/mol. The van der Waals surface area contributed by atoms with Gasteiger partial charge in [0.25, 0.3) is 0 Å². The molecule has 0 spiro atoms. The fraction of sp³-hybridized carbons (Fsp3) is 0.286. The number of nitrogens with one attached hydrogen (secondary N) is 1. The molecule has 0 fully saturated rings. The molecule has 0 saturated carbocycles. The number of rotatable bonds is 4. The molecule has 1 atom stereocenters. The molecule has 102 valence electrons. The maximum atomic E-state index is 13.7. The lowest BCUT2D eigenvalue weighted by molar-refractivity contribution is 0.499. The van der Waals surface area contributed by atoms with E-state index in [-0.39, 0.29) is 10.5 Å². The van der Waals surface area contributed by atoms with Crippen molar-refractivity contribution in [3.8, 4) is 0 Å². The van der Waals surface area contributed by atoms with Crippen molar-refractivity contribution in [3.63, 3.8) is 0 Å². The first kappa shape index (κ1) is 14.6. The molecule has 1 N–H and O–H groups in total. The van der Waals surface area contributed by atoms with Crippen molar-refractivity contribution in [1.82, 2.24) is 5.32 Å². The van der Waals surface area contributed by atoms with E-state index in [1.165, 1.54) is 10.9 Å². The molecule has 0 amide bonds. The third-order valence-electron chi connectivity index (χ3n) is 2.83. The van der Waals surface area contributed by atoms with Crippen LogP contribution in [0.2, 0.25) is 0 Å². The molecule has 2 aromatic rings. The summed E-state index contributed by atoms with van der Waals surface area (Å²) >= 11 is 4.81. The molecular formula is C14H14BrF2NS. The first-order valence-electron chi connectivity index (χ1n) is 5.97. The van der Waals surface area contributed by atoms with Crippen LogP contribution in [0.5, 0.6) is 0 Å². The lowest BCUT2D eigenvalue weighted by Gasteiger charge is -2.19. The minimum absolute atomic E-state index is 0.131. The number of benzene rings is 1. The van der Waals surface area contributed by atoms with E-state index in [9.17, 15) is 8.78 Å². The van der Waals surface area contributed by atoms with Gasteiger partial charge in [-0.25, -0.2) is 8.78 Å². The molecular weight excluding hydrogens is 332 g/mol. The van der Waals surface area contributed by atoms with Gasteiger partial charge in [-0.15, -0.1) is 11.3 Å². The normalized spacial score (nSPS) is 12.7. The van der Waals surface area contributed by atoms with E-state index in [2.05, 4.69) is 21.2 Å². The Bertz CT molecular complexity index is 583. The molecule has 1 nitrogen and oxygen atoms in total. The molecule has 1 aromatic carbocycles. The Morgan fingerprint density at radius 2 is 2.00 bits per heavy atom. The minimum atomic E-state index is -0.840. The molecule has 2 rings (SSSR count). The van der Waals surface area contributed by atoms with E-state index in [0.717, 1.165) is 11.4 Å². The molecule has 5 heteroatoms. The topological polar surface area (TPSA) is 12.0 Å². The van der Waals surface area contributed by atoms with Crippen LogP contribution in [0.1, 0.15) is 28.3 Å². The number of hydrogen-bond acceptors (Lipinski definition) is 2. The summed E-state index contributed by atoms with van der Waals surface area (Å²) in [5.74, 6) is -1.68. The van der Waals surface area contributed by atoms with Crippen LogP contribution in [0.3, 0.4) is 0 Å². The summed E-state index contributed by atoms with van der Waals surface area (Å²) in [4.78, 5) is 2.28. The summed E-state index contributed by atoms with van der Waals surface area (Å²) in [7, 11) is 0. The van der Waals surface area contributed by atoms with Gasteiger partial charge in [0.2, 0.25) is 0 Å². The molecule has 0 bridgehead atoms. The zero-order valence-electron chi connectivity index (χ0n) is 10.6. The Balaban J connectivity index is 2.48. The highest BCUT2D eigenvalue weighted by atomic mass is 79.9. The van der Waals surface area contributed by atoms with Gasteiger partial charge in [0.15, 0.2) is 11.6 Å². The zero-order chi connectivity index (χ0) is 14.0. The lowest BCUT2D eigenvalue weighted by atomic mass is 10.0. The van der Waals surface area contributed by atoms with Crippen LogP contribution in [0, 0.1) is 18.6 Å². The van der Waals surface area contributed by atoms with Crippen molar-refractivity contribution in [2.75, 3.05) is 6.54 Å². The molecule has 0 saturated heterocycles. The summed E-state index contributed by atoms with van der Waals surface area (Å²) in [5, 5.41) is 3.31. The Labute approximate surface area is 123 Å². The van der Waals surface area contributed by atoms with E-state index in [0.29, 0.717) is 5.56 Å². The van der Waals surface area contributed by atoms with E-state index in [1.807, 2.05) is 26.0 Å². The lowest BCUT2D eigenvalue weighted by Crippen LogP contribution is -2.21. The van der Waals surface area contributed by atoms with Crippen molar-refractivity contribution < 1.29 is 8.78 Å². The van der Waals surface area contributed by atoms with Crippen molar-refractivity contribution in [1.29, 1.82) is 0 Å². The summed E-state index contributed by atoms with van der Waals surface area (Å²) in [6.45, 7) is 4.76. The maximum Gasteiger partial charge on any atom is 0.173 e. The summed E-state index contributed by atoms with van der Waals surface area (Å²) in [5.41, 5.74) is 0.711. The van der Waals surface area contributed by atoms with Crippen molar-refractivity contribution in [2.45, 2.75) is 19.9 Å². The van der Waals surface area contributed by atoms with Gasteiger partial charge in [-0.3, -0.25) is 0 Å². The van der Waals surface area contributed by atoms with Gasteiger partial charge >= 0.3 is 0 Å². The molecule has 1 aromatic heterocycles. The zero-order valence-corrected chi connectivity index (χ0v) is 13.0. The SMILES string of the molecule is CCNC(c1ccc(C)s1)c1ccc(F)c(F)c1Br. The van der Waals surface area contributed by atoms with Gasteiger partial charge in [0, 0.05) is 9.75 Å². The van der Waals surface area contributed by atoms with Crippen molar-refractivity contribution >= 4 is 27.3 Å². The largest absolute Gasteiger partial charge is 0.306 e. The Hall–Kier alpha value is -0.780. The average Bonchev–Trinajstić information content (AvgIpc) is 2.81. The smallest absolute Gasteiger partial charge is 0.173 e. The fourth-order valence-electron chi connectivity index (χ4n) is 1.94. The molecule has 0 radical (unpaired) electrons. The number of aryl methyl sites for hydroxylation is 1. The van der Waals surface area contributed by atoms with Crippen LogP contribution < -0.4 is 5.32 Å². The standard InChI is InChI=1S/C14H14BrF2NS/c1-3-18-14(11-7-4-8(2)19-11)9-5-6-10(16)13(17)12(9)15/h4-7,14,18H,3H2,1-2H3. The summed E-state index contributed by atoms with van der Waals surface area (Å²) in [6.07, 6.45) is 0. The van der Waals surface area contributed by atoms with E-state index in [1.54, 1.807) is 17.4 Å². The van der Waals surface area contributed by atoms with Gasteiger partial charge < -0.3 is 5.32 Å². The van der Waals surface area contributed by atoms with E-state index < -0.39 is 11.6 Å². The second-order valence-electron chi connectivity index (χ2n) is 4.20. The van der Waals surface area contributed by atoms with Crippen LogP contribution in [0.15, 0.2) is 28.7 Å². The van der Waals surface area contributed by atoms with Crippen molar-refractivity contribution in [2.24, 2.45) is 0 Å². The third kappa shape index (κ3) is 3.04. The van der Waals surface area contributed by atoms with E-state index >= 15 is 0 Å². The third-order valence-corrected chi connectivity index (χ3v) is 4.70. The monoisotopic (exact) mass is 345 g/mol. The number of halogens is 3. The summed E-state index contributed by atoms with van der Waals surface area (Å²) in [6, 6.07) is 6.69. The predicted molar refractivity (Wildman–Crippen MR) is 78.6 cm³/mol. The van der Waals surface area contributed by atoms with Crippen LogP contribution in [0.4, 0.5) is 8.78 Å².